The number of sulfonamides is 1. The number of rotatable bonds is 6. The second-order valence-electron chi connectivity index (χ2n) is 6.30. The first-order chi connectivity index (χ1) is 11.8. The first-order valence-electron chi connectivity index (χ1n) is 7.94. The van der Waals surface area contributed by atoms with Crippen molar-refractivity contribution in [1.29, 1.82) is 0 Å². The SMILES string of the molecule is COc1cncc([C@H](NS(=O)(=O)c2c(C)noc2C)C2CC(O)C2)c1. The van der Waals surface area contributed by atoms with Crippen LogP contribution in [0.15, 0.2) is 27.9 Å². The average Bonchev–Trinajstić information content (AvgIpc) is 2.89. The van der Waals surface area contributed by atoms with Crippen molar-refractivity contribution in [2.45, 2.75) is 43.7 Å². The van der Waals surface area contributed by atoms with Crippen LogP contribution in [-0.2, 0) is 10.0 Å². The molecule has 0 aliphatic heterocycles. The maximum Gasteiger partial charge on any atom is 0.246 e. The molecule has 1 aliphatic carbocycles. The highest BCUT2D eigenvalue weighted by Gasteiger charge is 2.38. The molecule has 0 radical (unpaired) electrons. The molecule has 25 heavy (non-hydrogen) atoms. The van der Waals surface area contributed by atoms with E-state index in [0.717, 1.165) is 0 Å². The third kappa shape index (κ3) is 3.53. The fraction of sp³-hybridized carbons (Fsp3) is 0.500. The van der Waals surface area contributed by atoms with E-state index in [1.54, 1.807) is 32.3 Å². The summed E-state index contributed by atoms with van der Waals surface area (Å²) < 4.78 is 38.6. The van der Waals surface area contributed by atoms with Crippen LogP contribution in [-0.4, -0.2) is 36.9 Å². The molecule has 1 aliphatic rings. The Hall–Kier alpha value is -1.97. The Labute approximate surface area is 146 Å². The molecule has 0 saturated heterocycles. The molecule has 2 aromatic rings. The zero-order valence-electron chi connectivity index (χ0n) is 14.3. The van der Waals surface area contributed by atoms with Crippen molar-refractivity contribution >= 4 is 10.0 Å². The monoisotopic (exact) mass is 367 g/mol. The summed E-state index contributed by atoms with van der Waals surface area (Å²) >= 11 is 0. The van der Waals surface area contributed by atoms with Gasteiger partial charge in [-0.3, -0.25) is 4.98 Å². The molecule has 1 fully saturated rings. The van der Waals surface area contributed by atoms with Crippen LogP contribution in [0, 0.1) is 19.8 Å². The van der Waals surface area contributed by atoms with Crippen molar-refractivity contribution in [3.63, 3.8) is 0 Å². The van der Waals surface area contributed by atoms with E-state index < -0.39 is 22.2 Å². The van der Waals surface area contributed by atoms with Crippen molar-refractivity contribution < 1.29 is 22.8 Å². The topological polar surface area (TPSA) is 115 Å². The molecule has 0 bridgehead atoms. The molecular weight excluding hydrogens is 346 g/mol. The number of hydrogen-bond acceptors (Lipinski definition) is 7. The van der Waals surface area contributed by atoms with Crippen LogP contribution < -0.4 is 9.46 Å². The summed E-state index contributed by atoms with van der Waals surface area (Å²) in [5.41, 5.74) is 0.993. The fourth-order valence-electron chi connectivity index (χ4n) is 3.14. The minimum atomic E-state index is -3.84. The van der Waals surface area contributed by atoms with E-state index in [1.807, 2.05) is 0 Å². The van der Waals surface area contributed by atoms with Crippen molar-refractivity contribution in [3.05, 3.63) is 35.5 Å². The highest BCUT2D eigenvalue weighted by molar-refractivity contribution is 7.89. The summed E-state index contributed by atoms with van der Waals surface area (Å²) in [5, 5.41) is 13.4. The molecule has 0 aromatic carbocycles. The van der Waals surface area contributed by atoms with Gasteiger partial charge in [-0.1, -0.05) is 5.16 Å². The number of aromatic nitrogens is 2. The van der Waals surface area contributed by atoms with E-state index in [0.29, 0.717) is 29.8 Å². The average molecular weight is 367 g/mol. The van der Waals surface area contributed by atoms with Gasteiger partial charge in [0.1, 0.15) is 16.3 Å². The van der Waals surface area contributed by atoms with E-state index in [9.17, 15) is 13.5 Å². The van der Waals surface area contributed by atoms with Crippen LogP contribution in [0.1, 0.15) is 35.9 Å². The predicted molar refractivity (Wildman–Crippen MR) is 88.6 cm³/mol. The molecule has 0 unspecified atom stereocenters. The highest BCUT2D eigenvalue weighted by atomic mass is 32.2. The Balaban J connectivity index is 1.95. The van der Waals surface area contributed by atoms with Gasteiger partial charge in [-0.2, -0.15) is 0 Å². The number of aliphatic hydroxyl groups is 1. The van der Waals surface area contributed by atoms with Crippen molar-refractivity contribution in [3.8, 4) is 5.75 Å². The lowest BCUT2D eigenvalue weighted by atomic mass is 9.76. The van der Waals surface area contributed by atoms with Gasteiger partial charge in [0.2, 0.25) is 10.0 Å². The molecule has 2 N–H and O–H groups in total. The lowest BCUT2D eigenvalue weighted by molar-refractivity contribution is 0.0279. The normalized spacial score (nSPS) is 21.6. The number of nitrogens with zero attached hydrogens (tertiary/aromatic N) is 2. The van der Waals surface area contributed by atoms with Gasteiger partial charge in [-0.05, 0) is 44.2 Å². The lowest BCUT2D eigenvalue weighted by Gasteiger charge is -2.38. The van der Waals surface area contributed by atoms with Gasteiger partial charge in [-0.15, -0.1) is 0 Å². The summed E-state index contributed by atoms with van der Waals surface area (Å²) in [6.07, 6.45) is 3.79. The first-order valence-corrected chi connectivity index (χ1v) is 9.42. The maximum atomic E-state index is 12.9. The van der Waals surface area contributed by atoms with Gasteiger partial charge in [0, 0.05) is 6.20 Å². The van der Waals surface area contributed by atoms with Crippen LogP contribution in [0.5, 0.6) is 5.75 Å². The summed E-state index contributed by atoms with van der Waals surface area (Å²) in [7, 11) is -2.32. The van der Waals surface area contributed by atoms with Gasteiger partial charge in [0.15, 0.2) is 5.76 Å². The Morgan fingerprint density at radius 3 is 2.64 bits per heavy atom. The van der Waals surface area contributed by atoms with Crippen molar-refractivity contribution in [1.82, 2.24) is 14.9 Å². The summed E-state index contributed by atoms with van der Waals surface area (Å²) in [6, 6.07) is 1.22. The molecule has 136 valence electrons. The van der Waals surface area contributed by atoms with E-state index in [2.05, 4.69) is 14.9 Å². The number of aliphatic hydroxyl groups excluding tert-OH is 1. The third-order valence-electron chi connectivity index (χ3n) is 4.47. The Morgan fingerprint density at radius 1 is 1.36 bits per heavy atom. The van der Waals surface area contributed by atoms with Gasteiger partial charge in [-0.25, -0.2) is 13.1 Å². The summed E-state index contributed by atoms with van der Waals surface area (Å²) in [4.78, 5) is 4.16. The maximum absolute atomic E-state index is 12.9. The number of ether oxygens (including phenoxy) is 1. The molecule has 0 spiro atoms. The van der Waals surface area contributed by atoms with E-state index >= 15 is 0 Å². The predicted octanol–water partition coefficient (Wildman–Crippen LogP) is 1.49. The van der Waals surface area contributed by atoms with Crippen LogP contribution in [0.4, 0.5) is 0 Å². The van der Waals surface area contributed by atoms with Crippen molar-refractivity contribution in [2.75, 3.05) is 7.11 Å². The second-order valence-corrected chi connectivity index (χ2v) is 7.95. The molecule has 1 atom stereocenters. The minimum absolute atomic E-state index is 0.0286. The fourth-order valence-corrected chi connectivity index (χ4v) is 4.76. The summed E-state index contributed by atoms with van der Waals surface area (Å²) in [5.74, 6) is 0.749. The molecular formula is C16H21N3O5S. The Kier molecular flexibility index (Phi) is 4.81. The van der Waals surface area contributed by atoms with Gasteiger partial charge < -0.3 is 14.4 Å². The molecule has 2 heterocycles. The largest absolute Gasteiger partial charge is 0.495 e. The number of nitrogens with one attached hydrogen (secondary N) is 1. The zero-order valence-corrected chi connectivity index (χ0v) is 15.1. The van der Waals surface area contributed by atoms with Crippen LogP contribution in [0.2, 0.25) is 0 Å². The highest BCUT2D eigenvalue weighted by Crippen LogP contribution is 2.39. The van der Waals surface area contributed by atoms with Gasteiger partial charge >= 0.3 is 0 Å². The number of methoxy groups -OCH3 is 1. The standard InChI is InChI=1S/C16H21N3O5S/c1-9-16(10(2)24-18-9)25(21,22)19-15(11-4-13(20)5-11)12-6-14(23-3)8-17-7-12/h6-8,11,13,15,19-20H,4-5H2,1-3H3/t11?,13?,15-/m1/s1. The van der Waals surface area contributed by atoms with E-state index in [1.165, 1.54) is 7.11 Å². The van der Waals surface area contributed by atoms with E-state index in [-0.39, 0.29) is 16.6 Å². The van der Waals surface area contributed by atoms with E-state index in [4.69, 9.17) is 9.26 Å². The quantitative estimate of drug-likeness (QED) is 0.795. The van der Waals surface area contributed by atoms with Crippen LogP contribution in [0.3, 0.4) is 0 Å². The molecule has 8 nitrogen and oxygen atoms in total. The van der Waals surface area contributed by atoms with Gasteiger partial charge in [0.25, 0.3) is 0 Å². The molecule has 0 amide bonds. The zero-order chi connectivity index (χ0) is 18.2. The Morgan fingerprint density at radius 2 is 2.08 bits per heavy atom. The molecule has 3 rings (SSSR count). The van der Waals surface area contributed by atoms with Crippen molar-refractivity contribution in [2.24, 2.45) is 5.92 Å². The van der Waals surface area contributed by atoms with Crippen LogP contribution in [0.25, 0.3) is 0 Å². The second kappa shape index (κ2) is 6.74. The summed E-state index contributed by atoms with van der Waals surface area (Å²) in [6.45, 7) is 3.14. The Bertz CT molecular complexity index is 839. The third-order valence-corrected chi connectivity index (χ3v) is 6.15. The number of hydrogen-bond donors (Lipinski definition) is 2. The molecule has 2 aromatic heterocycles. The minimum Gasteiger partial charge on any atom is -0.495 e. The molecule has 9 heteroatoms. The lowest BCUT2D eigenvalue weighted by Crippen LogP contribution is -2.41. The smallest absolute Gasteiger partial charge is 0.246 e. The van der Waals surface area contributed by atoms with Crippen LogP contribution >= 0.6 is 0 Å². The number of pyridine rings is 1. The number of aryl methyl sites for hydroxylation is 2. The van der Waals surface area contributed by atoms with Gasteiger partial charge in [0.05, 0.1) is 25.5 Å². The molecule has 1 saturated carbocycles. The first kappa shape index (κ1) is 17.8.